The highest BCUT2D eigenvalue weighted by molar-refractivity contribution is 5.17. The largest absolute Gasteiger partial charge is 0.312 e. The molecule has 0 amide bonds. The molecule has 0 aliphatic heterocycles. The van der Waals surface area contributed by atoms with E-state index >= 15 is 0 Å². The number of rotatable bonds is 5. The molecule has 1 aromatic carbocycles. The molecule has 94 valence electrons. The summed E-state index contributed by atoms with van der Waals surface area (Å²) in [6.07, 6.45) is 2.55. The molecule has 1 saturated carbocycles. The van der Waals surface area contributed by atoms with Crippen LogP contribution in [0.25, 0.3) is 0 Å². The number of benzene rings is 1. The topological polar surface area (TPSA) is 12.0 Å². The molecule has 1 aliphatic carbocycles. The molecule has 1 N–H and O–H groups in total. The van der Waals surface area contributed by atoms with Crippen molar-refractivity contribution in [1.29, 1.82) is 0 Å². The van der Waals surface area contributed by atoms with Gasteiger partial charge in [0.1, 0.15) is 0 Å². The van der Waals surface area contributed by atoms with E-state index in [4.69, 9.17) is 0 Å². The Bertz CT molecular complexity index is 397. The van der Waals surface area contributed by atoms with Gasteiger partial charge in [-0.2, -0.15) is 0 Å². The predicted molar refractivity (Wildman–Crippen MR) is 64.6 cm³/mol. The Kier molecular flexibility index (Phi) is 3.48. The maximum Gasteiger partial charge on any atom is 0.159 e. The van der Waals surface area contributed by atoms with Crippen molar-refractivity contribution in [3.8, 4) is 0 Å². The van der Waals surface area contributed by atoms with E-state index in [2.05, 4.69) is 19.2 Å². The average molecular weight is 239 g/mol. The lowest BCUT2D eigenvalue weighted by Gasteiger charge is -2.20. The highest BCUT2D eigenvalue weighted by Gasteiger charge is 2.44. The minimum absolute atomic E-state index is 0.443. The summed E-state index contributed by atoms with van der Waals surface area (Å²) in [6, 6.07) is 4.07. The van der Waals surface area contributed by atoms with E-state index in [0.29, 0.717) is 17.9 Å². The second-order valence-electron chi connectivity index (χ2n) is 5.37. The van der Waals surface area contributed by atoms with Crippen LogP contribution in [0.1, 0.15) is 32.3 Å². The molecule has 0 heterocycles. The molecular formula is C14H19F2N. The summed E-state index contributed by atoms with van der Waals surface area (Å²) in [5.41, 5.74) is 1.24. The fourth-order valence-electron chi connectivity index (χ4n) is 2.22. The van der Waals surface area contributed by atoms with Crippen molar-refractivity contribution in [3.05, 3.63) is 35.4 Å². The lowest BCUT2D eigenvalue weighted by atomic mass is 9.92. The van der Waals surface area contributed by atoms with Crippen LogP contribution in [0.15, 0.2) is 18.2 Å². The monoisotopic (exact) mass is 239 g/mol. The number of nitrogens with one attached hydrogen (secondary N) is 1. The van der Waals surface area contributed by atoms with Crippen molar-refractivity contribution < 1.29 is 8.78 Å². The first-order chi connectivity index (χ1) is 8.03. The van der Waals surface area contributed by atoms with Crippen molar-refractivity contribution in [2.75, 3.05) is 6.54 Å². The highest BCUT2D eigenvalue weighted by atomic mass is 19.2. The van der Waals surface area contributed by atoms with E-state index in [1.807, 2.05) is 0 Å². The first-order valence-electron chi connectivity index (χ1n) is 6.18. The van der Waals surface area contributed by atoms with E-state index in [1.165, 1.54) is 25.0 Å². The van der Waals surface area contributed by atoms with Crippen LogP contribution in [0, 0.1) is 23.0 Å². The highest BCUT2D eigenvalue weighted by Crippen LogP contribution is 2.51. The molecule has 0 saturated heterocycles. The van der Waals surface area contributed by atoms with E-state index in [1.54, 1.807) is 6.07 Å². The summed E-state index contributed by atoms with van der Waals surface area (Å²) >= 11 is 0. The first-order valence-corrected chi connectivity index (χ1v) is 6.18. The predicted octanol–water partition coefficient (Wildman–Crippen LogP) is 3.49. The van der Waals surface area contributed by atoms with Gasteiger partial charge < -0.3 is 5.32 Å². The Labute approximate surface area is 101 Å². The molecule has 0 aromatic heterocycles. The van der Waals surface area contributed by atoms with Gasteiger partial charge in [-0.3, -0.25) is 0 Å². The molecule has 1 aromatic rings. The molecule has 1 nitrogen and oxygen atoms in total. The number of hydrogen-bond donors (Lipinski definition) is 1. The molecule has 0 bridgehead atoms. The third-order valence-corrected chi connectivity index (χ3v) is 3.91. The zero-order chi connectivity index (χ0) is 12.5. The Morgan fingerprint density at radius 2 is 1.94 bits per heavy atom. The van der Waals surface area contributed by atoms with Gasteiger partial charge in [-0.05, 0) is 41.9 Å². The van der Waals surface area contributed by atoms with Gasteiger partial charge in [0.2, 0.25) is 0 Å². The lowest BCUT2D eigenvalue weighted by molar-refractivity contribution is 0.337. The van der Waals surface area contributed by atoms with Crippen LogP contribution < -0.4 is 5.32 Å². The minimum atomic E-state index is -0.783. The minimum Gasteiger partial charge on any atom is -0.312 e. The summed E-state index contributed by atoms with van der Waals surface area (Å²) in [5.74, 6) is -0.871. The van der Waals surface area contributed by atoms with Crippen molar-refractivity contribution in [2.24, 2.45) is 11.3 Å². The Balaban J connectivity index is 1.84. The van der Waals surface area contributed by atoms with E-state index in [-0.39, 0.29) is 0 Å². The first kappa shape index (κ1) is 12.5. The van der Waals surface area contributed by atoms with E-state index in [0.717, 1.165) is 12.1 Å². The molecule has 0 radical (unpaired) electrons. The van der Waals surface area contributed by atoms with Gasteiger partial charge in [-0.25, -0.2) is 8.78 Å². The summed E-state index contributed by atoms with van der Waals surface area (Å²) < 4.78 is 25.7. The summed E-state index contributed by atoms with van der Waals surface area (Å²) in [7, 11) is 0. The van der Waals surface area contributed by atoms with Gasteiger partial charge >= 0.3 is 0 Å². The number of hydrogen-bond acceptors (Lipinski definition) is 1. The maximum atomic E-state index is 13.0. The van der Waals surface area contributed by atoms with Crippen LogP contribution in [0.5, 0.6) is 0 Å². The second-order valence-corrected chi connectivity index (χ2v) is 5.37. The lowest BCUT2D eigenvalue weighted by Crippen LogP contribution is -2.27. The van der Waals surface area contributed by atoms with E-state index in [9.17, 15) is 8.78 Å². The molecular weight excluding hydrogens is 220 g/mol. The van der Waals surface area contributed by atoms with Gasteiger partial charge in [0.15, 0.2) is 11.6 Å². The molecule has 0 atom stereocenters. The zero-order valence-electron chi connectivity index (χ0n) is 10.4. The van der Waals surface area contributed by atoms with Crippen LogP contribution >= 0.6 is 0 Å². The van der Waals surface area contributed by atoms with Gasteiger partial charge in [0, 0.05) is 13.1 Å². The molecule has 1 aliphatic rings. The van der Waals surface area contributed by atoms with Crippen LogP contribution in [0.3, 0.4) is 0 Å². The van der Waals surface area contributed by atoms with E-state index < -0.39 is 11.6 Å². The maximum absolute atomic E-state index is 13.0. The molecule has 0 unspecified atom stereocenters. The van der Waals surface area contributed by atoms with Crippen molar-refractivity contribution in [1.82, 2.24) is 5.32 Å². The fourth-order valence-corrected chi connectivity index (χ4v) is 2.22. The van der Waals surface area contributed by atoms with Crippen molar-refractivity contribution in [2.45, 2.75) is 33.2 Å². The Hall–Kier alpha value is -0.960. The van der Waals surface area contributed by atoms with Crippen LogP contribution in [0.2, 0.25) is 0 Å². The van der Waals surface area contributed by atoms with Crippen molar-refractivity contribution in [3.63, 3.8) is 0 Å². The van der Waals surface area contributed by atoms with Gasteiger partial charge in [0.05, 0.1) is 0 Å². The SMILES string of the molecule is CC(C)C1(CNCc2ccc(F)c(F)c2)CC1. The smallest absolute Gasteiger partial charge is 0.159 e. The van der Waals surface area contributed by atoms with Gasteiger partial charge in [-0.1, -0.05) is 19.9 Å². The van der Waals surface area contributed by atoms with Gasteiger partial charge in [-0.15, -0.1) is 0 Å². The van der Waals surface area contributed by atoms with Crippen molar-refractivity contribution >= 4 is 0 Å². The molecule has 3 heteroatoms. The molecule has 17 heavy (non-hydrogen) atoms. The summed E-state index contributed by atoms with van der Waals surface area (Å²) in [6.45, 7) is 6.05. The second kappa shape index (κ2) is 4.73. The van der Waals surface area contributed by atoms with Crippen LogP contribution in [-0.2, 0) is 6.54 Å². The zero-order valence-corrected chi connectivity index (χ0v) is 10.4. The Morgan fingerprint density at radius 1 is 1.24 bits per heavy atom. The third-order valence-electron chi connectivity index (χ3n) is 3.91. The molecule has 2 rings (SSSR count). The average Bonchev–Trinajstić information content (AvgIpc) is 3.04. The third kappa shape index (κ3) is 2.83. The van der Waals surface area contributed by atoms with Gasteiger partial charge in [0.25, 0.3) is 0 Å². The van der Waals surface area contributed by atoms with Crippen LogP contribution in [-0.4, -0.2) is 6.54 Å². The summed E-state index contributed by atoms with van der Waals surface area (Å²) in [5, 5.41) is 3.34. The Morgan fingerprint density at radius 3 is 2.47 bits per heavy atom. The van der Waals surface area contributed by atoms with Crippen LogP contribution in [0.4, 0.5) is 8.78 Å². The molecule has 0 spiro atoms. The normalized spacial score (nSPS) is 17.5. The quantitative estimate of drug-likeness (QED) is 0.829. The number of halogens is 2. The fraction of sp³-hybridized carbons (Fsp3) is 0.571. The molecule has 1 fully saturated rings. The summed E-state index contributed by atoms with van der Waals surface area (Å²) in [4.78, 5) is 0. The standard InChI is InChI=1S/C14H19F2N/c1-10(2)14(5-6-14)9-17-8-11-3-4-12(15)13(16)7-11/h3-4,7,10,17H,5-6,8-9H2,1-2H3.